The Morgan fingerprint density at radius 1 is 0.979 bits per heavy atom. The molecule has 1 aliphatic heterocycles. The highest BCUT2D eigenvalue weighted by Crippen LogP contribution is 2.31. The van der Waals surface area contributed by atoms with Gasteiger partial charge in [-0.1, -0.05) is 30.3 Å². The Morgan fingerprint density at radius 2 is 1.79 bits per heavy atom. The van der Waals surface area contributed by atoms with Crippen molar-refractivity contribution >= 4 is 22.6 Å². The number of pyridine rings is 1. The predicted molar refractivity (Wildman–Crippen MR) is 184 cm³/mol. The number of aliphatic hydroxyl groups excluding tert-OH is 1. The van der Waals surface area contributed by atoms with Crippen molar-refractivity contribution in [3.63, 3.8) is 0 Å². The third kappa shape index (κ3) is 6.81. The first kappa shape index (κ1) is 31.1. The van der Waals surface area contributed by atoms with Crippen LogP contribution in [0, 0.1) is 0 Å². The van der Waals surface area contributed by atoms with E-state index in [0.29, 0.717) is 18.2 Å². The maximum atomic E-state index is 13.3. The second-order valence-corrected chi connectivity index (χ2v) is 12.9. The van der Waals surface area contributed by atoms with Gasteiger partial charge in [0.15, 0.2) is 0 Å². The molecular formula is C37H43N7O3. The molecule has 244 valence electrons. The van der Waals surface area contributed by atoms with Gasteiger partial charge in [0, 0.05) is 73.3 Å². The van der Waals surface area contributed by atoms with Gasteiger partial charge in [0.25, 0.3) is 5.91 Å². The molecule has 0 unspecified atom stereocenters. The third-order valence-electron chi connectivity index (χ3n) is 9.81. The van der Waals surface area contributed by atoms with Gasteiger partial charge >= 0.3 is 0 Å². The van der Waals surface area contributed by atoms with Crippen molar-refractivity contribution < 1.29 is 14.6 Å². The first-order valence-electron chi connectivity index (χ1n) is 16.7. The van der Waals surface area contributed by atoms with E-state index in [1.807, 2.05) is 13.2 Å². The molecule has 3 aromatic heterocycles. The van der Waals surface area contributed by atoms with Crippen LogP contribution in [0.1, 0.15) is 54.1 Å². The zero-order chi connectivity index (χ0) is 32.3. The Bertz CT molecular complexity index is 1840. The number of rotatable bonds is 10. The Morgan fingerprint density at radius 3 is 2.55 bits per heavy atom. The standard InChI is InChI=1S/C37H43N7O3/c1-42-23-30(22-40-42)29-20-32(36(38)39-21-29)37(46)41-33-3-2-4-35(33)47-24-25-5-7-26(8-6-25)27-9-10-34-28(19-27)11-16-44(34)31-12-14-43(15-13-31)17-18-45/h5-11,16,19-23,31,33,35,45H,2-4,12-15,17-18,24H2,1H3,(H2,38,39)(H,41,46)/t33-,35-/m0/s1. The van der Waals surface area contributed by atoms with Crippen LogP contribution < -0.4 is 11.1 Å². The number of carbonyl (C=O) groups is 1. The van der Waals surface area contributed by atoms with E-state index in [9.17, 15) is 9.90 Å². The number of amides is 1. The fourth-order valence-corrected chi connectivity index (χ4v) is 7.14. The molecule has 4 heterocycles. The van der Waals surface area contributed by atoms with Crippen LogP contribution in [-0.4, -0.2) is 73.6 Å². The number of aliphatic hydroxyl groups is 1. The lowest BCUT2D eigenvalue weighted by molar-refractivity contribution is 0.0272. The summed E-state index contributed by atoms with van der Waals surface area (Å²) in [6.07, 6.45) is 12.4. The predicted octanol–water partition coefficient (Wildman–Crippen LogP) is 5.18. The van der Waals surface area contributed by atoms with Crippen molar-refractivity contribution in [1.29, 1.82) is 0 Å². The largest absolute Gasteiger partial charge is 0.395 e. The molecule has 0 spiro atoms. The molecule has 10 nitrogen and oxygen atoms in total. The number of benzene rings is 2. The topological polar surface area (TPSA) is 123 Å². The zero-order valence-corrected chi connectivity index (χ0v) is 26.9. The number of hydrogen-bond acceptors (Lipinski definition) is 7. The molecule has 4 N–H and O–H groups in total. The normalized spacial score (nSPS) is 19.0. The molecule has 2 fully saturated rings. The van der Waals surface area contributed by atoms with Crippen molar-refractivity contribution in [3.05, 3.63) is 90.5 Å². The molecular weight excluding hydrogens is 590 g/mol. The summed E-state index contributed by atoms with van der Waals surface area (Å²) in [5, 5.41) is 17.9. The molecule has 1 saturated heterocycles. The van der Waals surface area contributed by atoms with Crippen LogP contribution >= 0.6 is 0 Å². The number of hydrogen-bond donors (Lipinski definition) is 3. The molecule has 1 aliphatic carbocycles. The van der Waals surface area contributed by atoms with Crippen molar-refractivity contribution in [2.24, 2.45) is 7.05 Å². The van der Waals surface area contributed by atoms with Gasteiger partial charge in [-0.05, 0) is 73.1 Å². The molecule has 2 aromatic carbocycles. The Kier molecular flexibility index (Phi) is 9.06. The first-order valence-corrected chi connectivity index (χ1v) is 16.7. The molecule has 2 atom stereocenters. The van der Waals surface area contributed by atoms with E-state index in [0.717, 1.165) is 68.4 Å². The monoisotopic (exact) mass is 633 g/mol. The van der Waals surface area contributed by atoms with Gasteiger partial charge in [-0.3, -0.25) is 9.48 Å². The van der Waals surface area contributed by atoms with E-state index in [1.54, 1.807) is 23.1 Å². The lowest BCUT2D eigenvalue weighted by Gasteiger charge is -2.32. The molecule has 1 saturated carbocycles. The van der Waals surface area contributed by atoms with Gasteiger partial charge in [0.05, 0.1) is 37.1 Å². The van der Waals surface area contributed by atoms with Crippen LogP contribution in [0.3, 0.4) is 0 Å². The number of ether oxygens (including phenoxy) is 1. The molecule has 10 heteroatoms. The smallest absolute Gasteiger partial charge is 0.255 e. The summed E-state index contributed by atoms with van der Waals surface area (Å²) < 4.78 is 10.5. The highest BCUT2D eigenvalue weighted by Gasteiger charge is 2.30. The number of aromatic nitrogens is 4. The summed E-state index contributed by atoms with van der Waals surface area (Å²) in [5.74, 6) is -0.0284. The van der Waals surface area contributed by atoms with Crippen molar-refractivity contribution in [3.8, 4) is 22.3 Å². The van der Waals surface area contributed by atoms with Crippen molar-refractivity contribution in [1.82, 2.24) is 29.5 Å². The number of fused-ring (bicyclic) bond motifs is 1. The van der Waals surface area contributed by atoms with E-state index in [1.165, 1.54) is 22.0 Å². The van der Waals surface area contributed by atoms with Gasteiger partial charge in [-0.2, -0.15) is 5.10 Å². The number of anilines is 1. The minimum atomic E-state index is -0.235. The molecule has 7 rings (SSSR count). The maximum Gasteiger partial charge on any atom is 0.255 e. The molecule has 1 amide bonds. The van der Waals surface area contributed by atoms with Crippen LogP contribution in [0.4, 0.5) is 5.82 Å². The highest BCUT2D eigenvalue weighted by atomic mass is 16.5. The Hall–Kier alpha value is -4.51. The number of piperidine rings is 1. The number of nitrogens with two attached hydrogens (primary N) is 1. The van der Waals surface area contributed by atoms with E-state index in [4.69, 9.17) is 10.5 Å². The number of nitrogens with zero attached hydrogens (tertiary/aromatic N) is 5. The molecule has 5 aromatic rings. The van der Waals surface area contributed by atoms with E-state index < -0.39 is 0 Å². The maximum absolute atomic E-state index is 13.3. The molecule has 47 heavy (non-hydrogen) atoms. The van der Waals surface area contributed by atoms with Crippen LogP contribution in [0.5, 0.6) is 0 Å². The number of aryl methyl sites for hydroxylation is 1. The van der Waals surface area contributed by atoms with Crippen LogP contribution in [-0.2, 0) is 18.4 Å². The number of β-amino-alcohol motifs (C(OH)–C–C–N with tert-alkyl or cyclic N) is 1. The molecule has 0 bridgehead atoms. The SMILES string of the molecule is Cn1cc(-c2cnc(N)c(C(=O)N[C@H]3CCC[C@@H]3OCc3ccc(-c4ccc5c(ccn5C5CCN(CCO)CC5)c4)cc3)c2)cn1. The fraction of sp³-hybridized carbons (Fsp3) is 0.378. The Balaban J connectivity index is 0.956. The average Bonchev–Trinajstić information content (AvgIpc) is 3.84. The molecule has 0 radical (unpaired) electrons. The van der Waals surface area contributed by atoms with Crippen LogP contribution in [0.2, 0.25) is 0 Å². The number of nitrogen functional groups attached to an aromatic ring is 1. The minimum absolute atomic E-state index is 0.0670. The fourth-order valence-electron chi connectivity index (χ4n) is 7.14. The van der Waals surface area contributed by atoms with Crippen LogP contribution in [0.15, 0.2) is 79.4 Å². The van der Waals surface area contributed by atoms with E-state index >= 15 is 0 Å². The first-order chi connectivity index (χ1) is 22.9. The van der Waals surface area contributed by atoms with E-state index in [2.05, 4.69) is 79.6 Å². The summed E-state index contributed by atoms with van der Waals surface area (Å²) >= 11 is 0. The van der Waals surface area contributed by atoms with Gasteiger partial charge in [0.1, 0.15) is 5.82 Å². The quantitative estimate of drug-likeness (QED) is 0.194. The van der Waals surface area contributed by atoms with Gasteiger partial charge in [-0.15, -0.1) is 0 Å². The second-order valence-electron chi connectivity index (χ2n) is 12.9. The summed E-state index contributed by atoms with van der Waals surface area (Å²) in [5.41, 5.74) is 12.9. The van der Waals surface area contributed by atoms with Gasteiger partial charge in [0.2, 0.25) is 0 Å². The Labute approximate surface area is 275 Å². The highest BCUT2D eigenvalue weighted by molar-refractivity contribution is 5.99. The van der Waals surface area contributed by atoms with Crippen molar-refractivity contribution in [2.75, 3.05) is 32.0 Å². The third-order valence-corrected chi connectivity index (χ3v) is 9.81. The summed E-state index contributed by atoms with van der Waals surface area (Å²) in [6, 6.07) is 19.7. The summed E-state index contributed by atoms with van der Waals surface area (Å²) in [4.78, 5) is 19.9. The molecule has 2 aliphatic rings. The zero-order valence-electron chi connectivity index (χ0n) is 26.9. The lowest BCUT2D eigenvalue weighted by Crippen LogP contribution is -2.41. The summed E-state index contributed by atoms with van der Waals surface area (Å²) in [7, 11) is 1.85. The number of carbonyl (C=O) groups excluding carboxylic acids is 1. The van der Waals surface area contributed by atoms with Crippen molar-refractivity contribution in [2.45, 2.75) is 56.9 Å². The van der Waals surface area contributed by atoms with Crippen LogP contribution in [0.25, 0.3) is 33.2 Å². The minimum Gasteiger partial charge on any atom is -0.395 e. The number of likely N-dealkylation sites (tertiary alicyclic amines) is 1. The van der Waals surface area contributed by atoms with E-state index in [-0.39, 0.29) is 30.5 Å². The van der Waals surface area contributed by atoms with Gasteiger partial charge in [-0.25, -0.2) is 4.98 Å². The average molecular weight is 634 g/mol. The summed E-state index contributed by atoms with van der Waals surface area (Å²) in [6.45, 7) is 3.54. The lowest BCUT2D eigenvalue weighted by atomic mass is 10.0. The number of nitrogens with one attached hydrogen (secondary N) is 1. The van der Waals surface area contributed by atoms with Gasteiger partial charge < -0.3 is 30.4 Å². The second kappa shape index (κ2) is 13.7.